The maximum absolute atomic E-state index is 14.1. The fourth-order valence-corrected chi connectivity index (χ4v) is 5.17. The van der Waals surface area contributed by atoms with Crippen molar-refractivity contribution in [3.8, 4) is 0 Å². The minimum Gasteiger partial charge on any atom is -0.304 e. The molecule has 3 aromatic carbocycles. The minimum atomic E-state index is -1.45. The van der Waals surface area contributed by atoms with Crippen LogP contribution in [0.4, 0.5) is 10.5 Å². The lowest BCUT2D eigenvalue weighted by Crippen LogP contribution is -2.57. The normalized spacial score (nSPS) is 25.9. The van der Waals surface area contributed by atoms with Crippen molar-refractivity contribution in [1.29, 1.82) is 0 Å². The summed E-state index contributed by atoms with van der Waals surface area (Å²) >= 11 is 0. The van der Waals surface area contributed by atoms with Crippen molar-refractivity contribution in [3.05, 3.63) is 102 Å². The fourth-order valence-electron chi connectivity index (χ4n) is 5.17. The van der Waals surface area contributed by atoms with Gasteiger partial charge in [0.2, 0.25) is 5.66 Å². The summed E-state index contributed by atoms with van der Waals surface area (Å²) in [5.74, 6) is -0.671. The number of imide groups is 1. The lowest BCUT2D eigenvalue weighted by Gasteiger charge is -2.32. The van der Waals surface area contributed by atoms with Gasteiger partial charge in [0.25, 0.3) is 11.8 Å². The third-order valence-corrected chi connectivity index (χ3v) is 6.52. The molecule has 0 aromatic heterocycles. The van der Waals surface area contributed by atoms with E-state index in [1.807, 2.05) is 84.9 Å². The Balaban J connectivity index is 1.51. The number of benzene rings is 3. The van der Waals surface area contributed by atoms with Crippen molar-refractivity contribution in [2.24, 2.45) is 0 Å². The number of nitrogens with one attached hydrogen (secondary N) is 2. The maximum Gasteiger partial charge on any atom is 0.327 e. The maximum atomic E-state index is 14.1. The van der Waals surface area contributed by atoms with Gasteiger partial charge >= 0.3 is 6.03 Å². The number of anilines is 1. The zero-order valence-electron chi connectivity index (χ0n) is 17.1. The summed E-state index contributed by atoms with van der Waals surface area (Å²) in [5, 5.41) is 5.84. The number of fused-ring (bicyclic) bond motifs is 4. The second-order valence-corrected chi connectivity index (χ2v) is 8.25. The highest BCUT2D eigenvalue weighted by Crippen LogP contribution is 2.51. The predicted molar refractivity (Wildman–Crippen MR) is 117 cm³/mol. The number of para-hydroxylation sites is 1. The van der Waals surface area contributed by atoms with Crippen LogP contribution in [-0.2, 0) is 21.8 Å². The Morgan fingerprint density at radius 2 is 1.47 bits per heavy atom. The Bertz CT molecular complexity index is 1250. The molecule has 7 nitrogen and oxygen atoms in total. The van der Waals surface area contributed by atoms with Crippen LogP contribution in [0.3, 0.4) is 0 Å². The number of rotatable bonds is 3. The second kappa shape index (κ2) is 6.77. The Kier molecular flexibility index (Phi) is 3.97. The molecular weight excluding hydrogens is 404 g/mol. The topological polar surface area (TPSA) is 81.8 Å². The molecule has 158 valence electrons. The van der Waals surface area contributed by atoms with E-state index in [-0.39, 0.29) is 5.91 Å². The molecule has 3 aromatic rings. The van der Waals surface area contributed by atoms with Gasteiger partial charge in [-0.05, 0) is 17.2 Å². The third-order valence-electron chi connectivity index (χ3n) is 6.52. The summed E-state index contributed by atoms with van der Waals surface area (Å²) in [7, 11) is 0. The van der Waals surface area contributed by atoms with E-state index < -0.39 is 29.7 Å². The molecule has 3 atom stereocenters. The van der Waals surface area contributed by atoms with E-state index >= 15 is 0 Å². The van der Waals surface area contributed by atoms with Crippen molar-refractivity contribution in [3.63, 3.8) is 0 Å². The largest absolute Gasteiger partial charge is 0.327 e. The van der Waals surface area contributed by atoms with Crippen LogP contribution < -0.4 is 15.5 Å². The summed E-state index contributed by atoms with van der Waals surface area (Å²) < 4.78 is 0. The lowest BCUT2D eigenvalue weighted by atomic mass is 10.00. The van der Waals surface area contributed by atoms with Crippen LogP contribution in [0.1, 0.15) is 22.7 Å². The molecule has 2 fully saturated rings. The molecule has 0 radical (unpaired) electrons. The van der Waals surface area contributed by atoms with Crippen LogP contribution in [-0.4, -0.2) is 28.8 Å². The van der Waals surface area contributed by atoms with Gasteiger partial charge in [0.05, 0.1) is 18.3 Å². The van der Waals surface area contributed by atoms with Gasteiger partial charge in [0.15, 0.2) is 0 Å². The molecule has 3 aliphatic rings. The molecule has 32 heavy (non-hydrogen) atoms. The van der Waals surface area contributed by atoms with Crippen LogP contribution in [0.25, 0.3) is 0 Å². The molecule has 3 aliphatic heterocycles. The minimum absolute atomic E-state index is 0.268. The number of amides is 4. The van der Waals surface area contributed by atoms with Gasteiger partial charge in [-0.3, -0.25) is 25.1 Å². The zero-order valence-corrected chi connectivity index (χ0v) is 17.1. The summed E-state index contributed by atoms with van der Waals surface area (Å²) in [6.07, 6.45) is 0. The van der Waals surface area contributed by atoms with Gasteiger partial charge in [0, 0.05) is 5.56 Å². The van der Waals surface area contributed by atoms with E-state index in [0.29, 0.717) is 12.1 Å². The summed E-state index contributed by atoms with van der Waals surface area (Å²) in [4.78, 5) is 43.0. The average molecular weight is 424 g/mol. The van der Waals surface area contributed by atoms with E-state index in [1.165, 1.54) is 4.90 Å². The molecule has 6 rings (SSSR count). The molecule has 0 bridgehead atoms. The third kappa shape index (κ3) is 2.42. The molecule has 0 aliphatic carbocycles. The second-order valence-electron chi connectivity index (χ2n) is 8.25. The van der Waals surface area contributed by atoms with Gasteiger partial charge < -0.3 is 4.90 Å². The SMILES string of the molecule is O=C1NC(=O)N2[C@H]1[C@H](c1ccccc1)N[C@]21C(=O)N(Cc2ccccc2)c2ccccc21. The average Bonchev–Trinajstić information content (AvgIpc) is 3.42. The van der Waals surface area contributed by atoms with E-state index in [0.717, 1.165) is 16.8 Å². The number of carbonyl (C=O) groups is 3. The summed E-state index contributed by atoms with van der Waals surface area (Å²) in [6.45, 7) is 0.365. The number of nitrogens with zero attached hydrogens (tertiary/aromatic N) is 2. The summed E-state index contributed by atoms with van der Waals surface area (Å²) in [5.41, 5.74) is 1.77. The van der Waals surface area contributed by atoms with E-state index in [4.69, 9.17) is 0 Å². The molecule has 2 N–H and O–H groups in total. The Morgan fingerprint density at radius 1 is 0.812 bits per heavy atom. The van der Waals surface area contributed by atoms with Crippen LogP contribution in [0.2, 0.25) is 0 Å². The smallest absolute Gasteiger partial charge is 0.304 e. The molecular formula is C25H20N4O3. The Labute approximate surface area is 184 Å². The highest BCUT2D eigenvalue weighted by Gasteiger charge is 2.68. The molecule has 2 saturated heterocycles. The number of urea groups is 1. The highest BCUT2D eigenvalue weighted by molar-refractivity contribution is 6.14. The van der Waals surface area contributed by atoms with Crippen LogP contribution in [0, 0.1) is 0 Å². The molecule has 7 heteroatoms. The van der Waals surface area contributed by atoms with Gasteiger partial charge in [-0.1, -0.05) is 78.9 Å². The van der Waals surface area contributed by atoms with Gasteiger partial charge in [-0.2, -0.15) is 0 Å². The fraction of sp³-hybridized carbons (Fsp3) is 0.160. The van der Waals surface area contributed by atoms with E-state index in [1.54, 1.807) is 4.90 Å². The molecule has 3 heterocycles. The Morgan fingerprint density at radius 3 is 2.22 bits per heavy atom. The molecule has 1 spiro atoms. The van der Waals surface area contributed by atoms with Crippen LogP contribution in [0.5, 0.6) is 0 Å². The van der Waals surface area contributed by atoms with Crippen LogP contribution in [0.15, 0.2) is 84.9 Å². The quantitative estimate of drug-likeness (QED) is 0.634. The molecule has 4 amide bonds. The molecule has 0 unspecified atom stereocenters. The van der Waals surface area contributed by atoms with Crippen molar-refractivity contribution in [2.75, 3.05) is 4.90 Å². The van der Waals surface area contributed by atoms with Crippen molar-refractivity contribution < 1.29 is 14.4 Å². The van der Waals surface area contributed by atoms with E-state index in [2.05, 4.69) is 10.6 Å². The number of hydrogen-bond donors (Lipinski definition) is 2. The summed E-state index contributed by atoms with van der Waals surface area (Å²) in [6, 6.07) is 24.7. The van der Waals surface area contributed by atoms with Crippen molar-refractivity contribution in [1.82, 2.24) is 15.5 Å². The van der Waals surface area contributed by atoms with E-state index in [9.17, 15) is 14.4 Å². The monoisotopic (exact) mass is 424 g/mol. The number of carbonyl (C=O) groups excluding carboxylic acids is 3. The van der Waals surface area contributed by atoms with Crippen molar-refractivity contribution in [2.45, 2.75) is 24.3 Å². The molecule has 0 saturated carbocycles. The highest BCUT2D eigenvalue weighted by atomic mass is 16.2. The van der Waals surface area contributed by atoms with Crippen LogP contribution >= 0.6 is 0 Å². The van der Waals surface area contributed by atoms with Crippen molar-refractivity contribution >= 4 is 23.5 Å². The Hall–Kier alpha value is -3.97. The first-order chi connectivity index (χ1) is 15.6. The van der Waals surface area contributed by atoms with Gasteiger partial charge in [-0.25, -0.2) is 4.79 Å². The predicted octanol–water partition coefficient (Wildman–Crippen LogP) is 2.65. The van der Waals surface area contributed by atoms with Gasteiger partial charge in [-0.15, -0.1) is 0 Å². The number of hydrogen-bond acceptors (Lipinski definition) is 4. The zero-order chi connectivity index (χ0) is 21.9. The first-order valence-electron chi connectivity index (χ1n) is 10.5. The standard InChI is InChI=1S/C25H20N4O3/c30-22-21-20(17-11-5-2-6-12-17)27-25(29(21)24(32)26-22)18-13-7-8-14-19(18)28(23(25)31)15-16-9-3-1-4-10-16/h1-14,20-21,27H,15H2,(H,26,30,32)/t20-,21-,25-/m0/s1. The van der Waals surface area contributed by atoms with Gasteiger partial charge in [0.1, 0.15) is 6.04 Å². The first kappa shape index (κ1) is 18.8. The first-order valence-corrected chi connectivity index (χ1v) is 10.5. The lowest BCUT2D eigenvalue weighted by molar-refractivity contribution is -0.129.